The second kappa shape index (κ2) is 12.4. The van der Waals surface area contributed by atoms with Crippen molar-refractivity contribution in [2.45, 2.75) is 12.6 Å². The van der Waals surface area contributed by atoms with Crippen molar-refractivity contribution in [1.82, 2.24) is 15.1 Å². The van der Waals surface area contributed by atoms with Gasteiger partial charge >= 0.3 is 0 Å². The minimum atomic E-state index is -0.354. The number of hydrogen-bond acceptors (Lipinski definition) is 5. The fraction of sp³-hybridized carbons (Fsp3) is 0.265. The summed E-state index contributed by atoms with van der Waals surface area (Å²) in [6, 6.07) is 17.0. The van der Waals surface area contributed by atoms with Crippen molar-refractivity contribution in [3.05, 3.63) is 119 Å². The monoisotopic (exact) mass is 581 g/mol. The summed E-state index contributed by atoms with van der Waals surface area (Å²) in [5.74, 6) is -1.34. The number of allylic oxidation sites excluding steroid dienone is 2. The number of halogens is 2. The fourth-order valence-electron chi connectivity index (χ4n) is 5.76. The molecule has 2 atom stereocenters. The molecule has 3 aromatic carbocycles. The number of nitrogens with zero attached hydrogens (tertiary/aromatic N) is 4. The first-order valence-corrected chi connectivity index (χ1v) is 14.4. The standard InChI is InChI=1S/C34H33F2N5O2/c1-39-16-18-40(19-17-39)22-32(42)41-30-5-3-2-4-28(30)33(24-8-13-27(36)14-9-24)38-29-20-25(10-15-31(29)41)34(43)37-21-23-6-11-26(35)12-7-23/h2-15,20,28,30H,16-19,21-22H2,1H3,(H,37,43). The van der Waals surface area contributed by atoms with Crippen molar-refractivity contribution in [2.24, 2.45) is 10.9 Å². The normalized spacial score (nSPS) is 20.2. The van der Waals surface area contributed by atoms with E-state index in [0.29, 0.717) is 22.6 Å². The summed E-state index contributed by atoms with van der Waals surface area (Å²) >= 11 is 0. The van der Waals surface area contributed by atoms with Gasteiger partial charge in [-0.05, 0) is 60.6 Å². The van der Waals surface area contributed by atoms with Gasteiger partial charge in [-0.2, -0.15) is 0 Å². The number of anilines is 1. The van der Waals surface area contributed by atoms with Gasteiger partial charge in [0.1, 0.15) is 11.6 Å². The smallest absolute Gasteiger partial charge is 0.251 e. The molecule has 220 valence electrons. The number of benzene rings is 3. The van der Waals surface area contributed by atoms with E-state index in [1.807, 2.05) is 24.3 Å². The molecule has 0 spiro atoms. The van der Waals surface area contributed by atoms with E-state index in [2.05, 4.69) is 22.2 Å². The van der Waals surface area contributed by atoms with Crippen LogP contribution in [-0.2, 0) is 11.3 Å². The Balaban J connectivity index is 1.37. The van der Waals surface area contributed by atoms with Gasteiger partial charge in [-0.15, -0.1) is 0 Å². The molecular weight excluding hydrogens is 548 g/mol. The minimum absolute atomic E-state index is 0.0511. The van der Waals surface area contributed by atoms with Crippen molar-refractivity contribution in [3.8, 4) is 0 Å². The largest absolute Gasteiger partial charge is 0.348 e. The van der Waals surface area contributed by atoms with E-state index in [9.17, 15) is 18.4 Å². The van der Waals surface area contributed by atoms with E-state index in [4.69, 9.17) is 4.99 Å². The van der Waals surface area contributed by atoms with Gasteiger partial charge in [-0.3, -0.25) is 14.5 Å². The molecule has 6 rings (SSSR count). The predicted octanol–water partition coefficient (Wildman–Crippen LogP) is 4.72. The molecule has 3 aromatic rings. The second-order valence-electron chi connectivity index (χ2n) is 11.1. The lowest BCUT2D eigenvalue weighted by Crippen LogP contribution is -2.52. The molecule has 0 aromatic heterocycles. The summed E-state index contributed by atoms with van der Waals surface area (Å²) in [6.45, 7) is 3.89. The molecule has 2 aliphatic heterocycles. The minimum Gasteiger partial charge on any atom is -0.348 e. The average Bonchev–Trinajstić information content (AvgIpc) is 3.16. The highest BCUT2D eigenvalue weighted by Crippen LogP contribution is 2.40. The highest BCUT2D eigenvalue weighted by Gasteiger charge is 2.38. The quantitative estimate of drug-likeness (QED) is 0.458. The summed E-state index contributed by atoms with van der Waals surface area (Å²) in [6.07, 6.45) is 7.89. The van der Waals surface area contributed by atoms with Crippen LogP contribution in [0, 0.1) is 17.6 Å². The van der Waals surface area contributed by atoms with E-state index >= 15 is 0 Å². The SMILES string of the molecule is CN1CCN(CC(=O)N2c3ccc(C(=O)NCc4ccc(F)cc4)cc3N=C(c3ccc(F)cc3)C3C=CC=CC32)CC1. The molecule has 0 saturated carbocycles. The lowest BCUT2D eigenvalue weighted by molar-refractivity contribution is -0.120. The number of rotatable bonds is 6. The third-order valence-corrected chi connectivity index (χ3v) is 8.19. The molecule has 1 saturated heterocycles. The Morgan fingerprint density at radius 2 is 1.56 bits per heavy atom. The molecule has 0 radical (unpaired) electrons. The summed E-state index contributed by atoms with van der Waals surface area (Å²) in [7, 11) is 2.08. The van der Waals surface area contributed by atoms with Crippen molar-refractivity contribution < 1.29 is 18.4 Å². The van der Waals surface area contributed by atoms with Crippen molar-refractivity contribution in [1.29, 1.82) is 0 Å². The van der Waals surface area contributed by atoms with Crippen LogP contribution in [0.3, 0.4) is 0 Å². The predicted molar refractivity (Wildman–Crippen MR) is 164 cm³/mol. The van der Waals surface area contributed by atoms with Gasteiger partial charge < -0.3 is 15.1 Å². The fourth-order valence-corrected chi connectivity index (χ4v) is 5.76. The first-order valence-electron chi connectivity index (χ1n) is 14.4. The van der Waals surface area contributed by atoms with Crippen LogP contribution in [-0.4, -0.2) is 73.1 Å². The zero-order valence-electron chi connectivity index (χ0n) is 23.9. The van der Waals surface area contributed by atoms with Crippen LogP contribution in [0.25, 0.3) is 0 Å². The van der Waals surface area contributed by atoms with Crippen LogP contribution >= 0.6 is 0 Å². The zero-order valence-corrected chi connectivity index (χ0v) is 23.9. The Morgan fingerprint density at radius 1 is 0.884 bits per heavy atom. The molecule has 2 unspecified atom stereocenters. The molecule has 7 nitrogen and oxygen atoms in total. The summed E-state index contributed by atoms with van der Waals surface area (Å²) in [5, 5.41) is 2.88. The van der Waals surface area contributed by atoms with E-state index in [1.165, 1.54) is 24.3 Å². The lowest BCUT2D eigenvalue weighted by Gasteiger charge is -2.37. The Bertz CT molecular complexity index is 1590. The number of likely N-dealkylation sites (N-methyl/N-ethyl adjacent to an activating group) is 1. The molecular formula is C34H33F2N5O2. The van der Waals surface area contributed by atoms with Gasteiger partial charge in [0.05, 0.1) is 29.7 Å². The molecule has 0 bridgehead atoms. The number of nitrogens with one attached hydrogen (secondary N) is 1. The molecule has 2 amide bonds. The zero-order chi connectivity index (χ0) is 29.9. The summed E-state index contributed by atoms with van der Waals surface area (Å²) in [5.41, 5.74) is 3.67. The number of carbonyl (C=O) groups is 2. The molecule has 1 aliphatic carbocycles. The summed E-state index contributed by atoms with van der Waals surface area (Å²) in [4.78, 5) is 38.6. The highest BCUT2D eigenvalue weighted by molar-refractivity contribution is 6.10. The van der Waals surface area contributed by atoms with E-state index in [1.54, 1.807) is 47.4 Å². The van der Waals surface area contributed by atoms with E-state index in [0.717, 1.165) is 37.3 Å². The van der Waals surface area contributed by atoms with Gasteiger partial charge in [0.15, 0.2) is 0 Å². The van der Waals surface area contributed by atoms with Gasteiger partial charge in [-0.25, -0.2) is 13.8 Å². The molecule has 9 heteroatoms. The highest BCUT2D eigenvalue weighted by atomic mass is 19.1. The molecule has 43 heavy (non-hydrogen) atoms. The van der Waals surface area contributed by atoms with Gasteiger partial charge in [-0.1, -0.05) is 48.6 Å². The number of hydrogen-bond donors (Lipinski definition) is 1. The number of piperazine rings is 1. The maximum absolute atomic E-state index is 14.1. The summed E-state index contributed by atoms with van der Waals surface area (Å²) < 4.78 is 27.2. The van der Waals surface area contributed by atoms with Gasteiger partial charge in [0.25, 0.3) is 5.91 Å². The van der Waals surface area contributed by atoms with E-state index < -0.39 is 0 Å². The maximum atomic E-state index is 14.1. The van der Waals surface area contributed by atoms with Gasteiger partial charge in [0, 0.05) is 44.2 Å². The number of carbonyl (C=O) groups excluding carboxylic acids is 2. The van der Waals surface area contributed by atoms with Crippen LogP contribution in [0.15, 0.2) is 96.0 Å². The first kappa shape index (κ1) is 28.6. The van der Waals surface area contributed by atoms with Crippen molar-refractivity contribution in [3.63, 3.8) is 0 Å². The van der Waals surface area contributed by atoms with Crippen LogP contribution in [0.4, 0.5) is 20.2 Å². The molecule has 2 heterocycles. The topological polar surface area (TPSA) is 68.2 Å². The van der Waals surface area contributed by atoms with E-state index in [-0.39, 0.29) is 48.5 Å². The Kier molecular flexibility index (Phi) is 8.26. The number of aliphatic imine (C=N–C) groups is 1. The molecule has 1 fully saturated rings. The van der Waals surface area contributed by atoms with Crippen LogP contribution in [0.5, 0.6) is 0 Å². The Hall–Kier alpha value is -4.47. The third kappa shape index (κ3) is 6.33. The van der Waals surface area contributed by atoms with Crippen LogP contribution in [0.2, 0.25) is 0 Å². The third-order valence-electron chi connectivity index (χ3n) is 8.19. The number of fused-ring (bicyclic) bond motifs is 2. The van der Waals surface area contributed by atoms with Crippen LogP contribution < -0.4 is 10.2 Å². The first-order chi connectivity index (χ1) is 20.9. The second-order valence-corrected chi connectivity index (χ2v) is 11.1. The van der Waals surface area contributed by atoms with Crippen molar-refractivity contribution >= 4 is 28.9 Å². The maximum Gasteiger partial charge on any atom is 0.251 e. The lowest BCUT2D eigenvalue weighted by atomic mass is 9.86. The molecule has 1 N–H and O–H groups in total. The van der Waals surface area contributed by atoms with Crippen molar-refractivity contribution in [2.75, 3.05) is 44.7 Å². The molecule has 3 aliphatic rings. The van der Waals surface area contributed by atoms with Gasteiger partial charge in [0.2, 0.25) is 5.91 Å². The Labute approximate surface area is 249 Å². The average molecular weight is 582 g/mol. The Morgan fingerprint density at radius 3 is 2.28 bits per heavy atom. The van der Waals surface area contributed by atoms with Crippen LogP contribution in [0.1, 0.15) is 21.5 Å². The number of amides is 2.